The van der Waals surface area contributed by atoms with Crippen molar-refractivity contribution in [3.8, 4) is 0 Å². The summed E-state index contributed by atoms with van der Waals surface area (Å²) in [7, 11) is 0. The molecule has 0 aliphatic carbocycles. The van der Waals surface area contributed by atoms with E-state index in [1.807, 2.05) is 0 Å². The normalized spacial score (nSPS) is 13.0. The number of carboxylic acids is 1. The molecule has 0 saturated heterocycles. The summed E-state index contributed by atoms with van der Waals surface area (Å²) in [5.74, 6) is -1.60. The minimum absolute atomic E-state index is 0.0552. The molecule has 0 spiro atoms. The minimum atomic E-state index is -1.12. The lowest BCUT2D eigenvalue weighted by Crippen LogP contribution is -2.26. The maximum absolute atomic E-state index is 14.1. The highest BCUT2D eigenvalue weighted by Crippen LogP contribution is 2.30. The van der Waals surface area contributed by atoms with Crippen molar-refractivity contribution >= 4 is 17.3 Å². The second kappa shape index (κ2) is 5.53. The summed E-state index contributed by atoms with van der Waals surface area (Å²) in [4.78, 5) is 24.1. The second-order valence-corrected chi connectivity index (χ2v) is 5.80. The molecular formula is C17H17FN2O3. The van der Waals surface area contributed by atoms with Gasteiger partial charge in [0.25, 0.3) is 5.56 Å². The molecule has 0 fully saturated rings. The van der Waals surface area contributed by atoms with E-state index in [-0.39, 0.29) is 28.1 Å². The summed E-state index contributed by atoms with van der Waals surface area (Å²) in [6, 6.07) is 4.63. The van der Waals surface area contributed by atoms with Crippen LogP contribution in [0.5, 0.6) is 0 Å². The zero-order valence-corrected chi connectivity index (χ0v) is 12.9. The van der Waals surface area contributed by atoms with Gasteiger partial charge in [-0.1, -0.05) is 6.07 Å². The third-order valence-electron chi connectivity index (χ3n) is 4.20. The SMILES string of the molecule is Cc1ccc(Nc2c(C(=O)O)c3n(c(=O)c2C)CCC3)c(F)c1. The number of carboxylic acid groups (broad SMARTS) is 1. The zero-order valence-electron chi connectivity index (χ0n) is 12.9. The summed E-state index contributed by atoms with van der Waals surface area (Å²) in [5.41, 5.74) is 1.72. The number of pyridine rings is 1. The number of anilines is 2. The van der Waals surface area contributed by atoms with E-state index in [0.717, 1.165) is 12.0 Å². The van der Waals surface area contributed by atoms with E-state index >= 15 is 0 Å². The summed E-state index contributed by atoms with van der Waals surface area (Å²) in [6.45, 7) is 3.85. The van der Waals surface area contributed by atoms with Gasteiger partial charge < -0.3 is 15.0 Å². The minimum Gasteiger partial charge on any atom is -0.478 e. The van der Waals surface area contributed by atoms with Crippen molar-refractivity contribution in [3.63, 3.8) is 0 Å². The van der Waals surface area contributed by atoms with E-state index < -0.39 is 11.8 Å². The summed E-state index contributed by atoms with van der Waals surface area (Å²) >= 11 is 0. The van der Waals surface area contributed by atoms with Crippen molar-refractivity contribution < 1.29 is 14.3 Å². The second-order valence-electron chi connectivity index (χ2n) is 5.80. The van der Waals surface area contributed by atoms with Crippen molar-refractivity contribution in [1.29, 1.82) is 0 Å². The summed E-state index contributed by atoms with van der Waals surface area (Å²) < 4.78 is 15.6. The average Bonchev–Trinajstić information content (AvgIpc) is 2.96. The van der Waals surface area contributed by atoms with Crippen molar-refractivity contribution in [3.05, 3.63) is 56.8 Å². The molecular weight excluding hydrogens is 299 g/mol. The first kappa shape index (κ1) is 15.3. The van der Waals surface area contributed by atoms with Gasteiger partial charge in [-0.3, -0.25) is 4.79 Å². The van der Waals surface area contributed by atoms with Gasteiger partial charge in [0.2, 0.25) is 0 Å². The van der Waals surface area contributed by atoms with E-state index in [1.54, 1.807) is 26.0 Å². The predicted molar refractivity (Wildman–Crippen MR) is 85.1 cm³/mol. The molecule has 1 aromatic carbocycles. The van der Waals surface area contributed by atoms with Crippen LogP contribution in [0.3, 0.4) is 0 Å². The topological polar surface area (TPSA) is 71.3 Å². The van der Waals surface area contributed by atoms with Gasteiger partial charge in [-0.2, -0.15) is 0 Å². The molecule has 0 saturated carbocycles. The number of nitrogens with zero attached hydrogens (tertiary/aromatic N) is 1. The summed E-state index contributed by atoms with van der Waals surface area (Å²) in [5, 5.41) is 12.4. The standard InChI is InChI=1S/C17H17FN2O3/c1-9-5-6-12(11(18)8-9)19-15-10(2)16(21)20-7-3-4-13(20)14(15)17(22)23/h5-6,8,19H,3-4,7H2,1-2H3,(H,22,23). The van der Waals surface area contributed by atoms with Crippen molar-refractivity contribution in [2.75, 3.05) is 5.32 Å². The zero-order chi connectivity index (χ0) is 16.7. The highest BCUT2D eigenvalue weighted by molar-refractivity contribution is 5.97. The Hall–Kier alpha value is -2.63. The molecule has 6 heteroatoms. The number of hydrogen-bond acceptors (Lipinski definition) is 3. The molecule has 120 valence electrons. The number of aryl methyl sites for hydroxylation is 1. The van der Waals surface area contributed by atoms with E-state index in [1.165, 1.54) is 10.6 Å². The number of hydrogen-bond donors (Lipinski definition) is 2. The molecule has 3 rings (SSSR count). The van der Waals surface area contributed by atoms with Crippen LogP contribution in [0, 0.1) is 19.7 Å². The molecule has 0 bridgehead atoms. The first-order valence-corrected chi connectivity index (χ1v) is 7.43. The number of aromatic carboxylic acids is 1. The number of carbonyl (C=O) groups is 1. The Balaban J connectivity index is 2.21. The van der Waals surface area contributed by atoms with Crippen LogP contribution in [0.2, 0.25) is 0 Å². The van der Waals surface area contributed by atoms with Crippen molar-refractivity contribution in [2.24, 2.45) is 0 Å². The first-order valence-electron chi connectivity index (χ1n) is 7.43. The average molecular weight is 316 g/mol. The Morgan fingerprint density at radius 2 is 2.09 bits per heavy atom. The number of aromatic nitrogens is 1. The van der Waals surface area contributed by atoms with Crippen LogP contribution >= 0.6 is 0 Å². The number of rotatable bonds is 3. The van der Waals surface area contributed by atoms with Crippen molar-refractivity contribution in [1.82, 2.24) is 4.57 Å². The van der Waals surface area contributed by atoms with E-state index in [2.05, 4.69) is 5.32 Å². The fourth-order valence-corrected chi connectivity index (χ4v) is 3.04. The molecule has 2 heterocycles. The first-order chi connectivity index (χ1) is 10.9. The molecule has 23 heavy (non-hydrogen) atoms. The lowest BCUT2D eigenvalue weighted by Gasteiger charge is -2.17. The van der Waals surface area contributed by atoms with Crippen LogP contribution < -0.4 is 10.9 Å². The van der Waals surface area contributed by atoms with Crippen LogP contribution in [0.4, 0.5) is 15.8 Å². The number of fused-ring (bicyclic) bond motifs is 1. The third kappa shape index (κ3) is 2.50. The predicted octanol–water partition coefficient (Wildman–Crippen LogP) is 2.99. The van der Waals surface area contributed by atoms with Crippen LogP contribution in [-0.4, -0.2) is 15.6 Å². The van der Waals surface area contributed by atoms with Crippen LogP contribution in [0.1, 0.15) is 33.6 Å². The molecule has 0 radical (unpaired) electrons. The molecule has 1 aliphatic heterocycles. The largest absolute Gasteiger partial charge is 0.478 e. The smallest absolute Gasteiger partial charge is 0.339 e. The van der Waals surface area contributed by atoms with Gasteiger partial charge in [-0.25, -0.2) is 9.18 Å². The lowest BCUT2D eigenvalue weighted by atomic mass is 10.1. The maximum Gasteiger partial charge on any atom is 0.339 e. The van der Waals surface area contributed by atoms with Crippen LogP contribution in [-0.2, 0) is 13.0 Å². The lowest BCUT2D eigenvalue weighted by molar-refractivity contribution is 0.0696. The van der Waals surface area contributed by atoms with Gasteiger partial charge in [-0.05, 0) is 44.4 Å². The van der Waals surface area contributed by atoms with Crippen LogP contribution in [0.25, 0.3) is 0 Å². The maximum atomic E-state index is 14.1. The molecule has 5 nitrogen and oxygen atoms in total. The van der Waals surface area contributed by atoms with Gasteiger partial charge in [-0.15, -0.1) is 0 Å². The third-order valence-corrected chi connectivity index (χ3v) is 4.20. The number of benzene rings is 1. The molecule has 0 amide bonds. The molecule has 1 aliphatic rings. The van der Waals surface area contributed by atoms with Gasteiger partial charge in [0.05, 0.1) is 11.4 Å². The summed E-state index contributed by atoms with van der Waals surface area (Å²) in [6.07, 6.45) is 1.26. The van der Waals surface area contributed by atoms with Gasteiger partial charge in [0, 0.05) is 17.8 Å². The molecule has 0 unspecified atom stereocenters. The Bertz CT molecular complexity index is 871. The fraction of sp³-hybridized carbons (Fsp3) is 0.294. The van der Waals surface area contributed by atoms with Crippen molar-refractivity contribution in [2.45, 2.75) is 33.2 Å². The van der Waals surface area contributed by atoms with Gasteiger partial charge in [0.15, 0.2) is 0 Å². The Morgan fingerprint density at radius 3 is 2.74 bits per heavy atom. The fourth-order valence-electron chi connectivity index (χ4n) is 3.04. The Morgan fingerprint density at radius 1 is 1.35 bits per heavy atom. The quantitative estimate of drug-likeness (QED) is 0.913. The van der Waals surface area contributed by atoms with E-state index in [4.69, 9.17) is 0 Å². The van der Waals surface area contributed by atoms with Gasteiger partial charge >= 0.3 is 5.97 Å². The monoisotopic (exact) mass is 316 g/mol. The molecule has 2 aromatic rings. The number of halogens is 1. The van der Waals surface area contributed by atoms with E-state index in [9.17, 15) is 19.1 Å². The highest BCUT2D eigenvalue weighted by Gasteiger charge is 2.27. The Kier molecular flexibility index (Phi) is 3.67. The molecule has 1 aromatic heterocycles. The number of nitrogens with one attached hydrogen (secondary N) is 1. The highest BCUT2D eigenvalue weighted by atomic mass is 19.1. The van der Waals surface area contributed by atoms with Crippen LogP contribution in [0.15, 0.2) is 23.0 Å². The molecule has 2 N–H and O–H groups in total. The molecule has 0 atom stereocenters. The van der Waals surface area contributed by atoms with Gasteiger partial charge in [0.1, 0.15) is 11.4 Å². The van der Waals surface area contributed by atoms with E-state index in [0.29, 0.717) is 18.7 Å². The Labute approximate surface area is 132 Å².